The van der Waals surface area contributed by atoms with Crippen LogP contribution in [-0.4, -0.2) is 67.8 Å². The van der Waals surface area contributed by atoms with Gasteiger partial charge in [-0.3, -0.25) is 4.90 Å². The molecule has 0 aromatic carbocycles. The van der Waals surface area contributed by atoms with E-state index in [2.05, 4.69) is 30.6 Å². The lowest BCUT2D eigenvalue weighted by Crippen LogP contribution is -2.47. The predicted octanol–water partition coefficient (Wildman–Crippen LogP) is 0.766. The summed E-state index contributed by atoms with van der Waals surface area (Å²) in [6.07, 6.45) is 1.30. The van der Waals surface area contributed by atoms with E-state index in [0.29, 0.717) is 0 Å². The molecule has 0 radical (unpaired) electrons. The van der Waals surface area contributed by atoms with E-state index < -0.39 is 0 Å². The first-order chi connectivity index (χ1) is 8.59. The van der Waals surface area contributed by atoms with Gasteiger partial charge in [-0.2, -0.15) is 0 Å². The monoisotopic (exact) mass is 255 g/mol. The van der Waals surface area contributed by atoms with E-state index in [1.54, 1.807) is 0 Å². The topological polar surface area (TPSA) is 41.7 Å². The van der Waals surface area contributed by atoms with E-state index in [4.69, 9.17) is 10.5 Å². The SMILES string of the molecule is CCN(CC)C1CCN(CC2(C)COCC2N)C1. The molecule has 0 spiro atoms. The van der Waals surface area contributed by atoms with Crippen LogP contribution in [0.5, 0.6) is 0 Å². The smallest absolute Gasteiger partial charge is 0.0624 e. The molecule has 0 saturated carbocycles. The number of rotatable bonds is 5. The minimum Gasteiger partial charge on any atom is -0.379 e. The fourth-order valence-electron chi connectivity index (χ4n) is 3.39. The average Bonchev–Trinajstić information content (AvgIpc) is 2.90. The minimum absolute atomic E-state index is 0.151. The Morgan fingerprint density at radius 1 is 1.39 bits per heavy atom. The van der Waals surface area contributed by atoms with Crippen molar-refractivity contribution in [1.29, 1.82) is 0 Å². The summed E-state index contributed by atoms with van der Waals surface area (Å²) in [4.78, 5) is 5.16. The summed E-state index contributed by atoms with van der Waals surface area (Å²) in [5.41, 5.74) is 6.33. The van der Waals surface area contributed by atoms with Crippen molar-refractivity contribution in [3.8, 4) is 0 Å². The van der Waals surface area contributed by atoms with E-state index in [-0.39, 0.29) is 11.5 Å². The quantitative estimate of drug-likeness (QED) is 0.788. The Labute approximate surface area is 111 Å². The van der Waals surface area contributed by atoms with Crippen LogP contribution in [-0.2, 0) is 4.74 Å². The largest absolute Gasteiger partial charge is 0.379 e. The van der Waals surface area contributed by atoms with Crippen LogP contribution < -0.4 is 5.73 Å². The summed E-state index contributed by atoms with van der Waals surface area (Å²) in [5.74, 6) is 0. The highest BCUT2D eigenvalue weighted by Gasteiger charge is 2.40. The Kier molecular flexibility index (Phi) is 4.64. The number of nitrogens with two attached hydrogens (primary N) is 1. The molecule has 2 heterocycles. The van der Waals surface area contributed by atoms with Crippen LogP contribution in [0.3, 0.4) is 0 Å². The standard InChI is InChI=1S/C14H29N3O/c1-4-17(5-2)12-6-7-16(8-12)10-14(3)11-18-9-13(14)15/h12-13H,4-11,15H2,1-3H3. The third-order valence-electron chi connectivity index (χ3n) is 4.79. The van der Waals surface area contributed by atoms with Gasteiger partial charge in [-0.1, -0.05) is 20.8 Å². The Hall–Kier alpha value is -0.160. The Balaban J connectivity index is 1.86. The van der Waals surface area contributed by atoms with Gasteiger partial charge >= 0.3 is 0 Å². The second-order valence-electron chi connectivity index (χ2n) is 6.17. The van der Waals surface area contributed by atoms with Gasteiger partial charge in [0, 0.05) is 30.6 Å². The molecule has 0 aromatic rings. The number of ether oxygens (including phenoxy) is 1. The van der Waals surface area contributed by atoms with Crippen LogP contribution in [0.2, 0.25) is 0 Å². The molecule has 18 heavy (non-hydrogen) atoms. The van der Waals surface area contributed by atoms with E-state index in [1.807, 2.05) is 0 Å². The average molecular weight is 255 g/mol. The second kappa shape index (κ2) is 5.87. The van der Waals surface area contributed by atoms with Crippen LogP contribution in [0.15, 0.2) is 0 Å². The van der Waals surface area contributed by atoms with Crippen molar-refractivity contribution in [3.63, 3.8) is 0 Å². The fraction of sp³-hybridized carbons (Fsp3) is 1.00. The van der Waals surface area contributed by atoms with Crippen molar-refractivity contribution in [2.24, 2.45) is 11.1 Å². The van der Waals surface area contributed by atoms with Crippen LogP contribution >= 0.6 is 0 Å². The van der Waals surface area contributed by atoms with Crippen LogP contribution in [0.1, 0.15) is 27.2 Å². The molecule has 2 aliphatic heterocycles. The molecular weight excluding hydrogens is 226 g/mol. The highest BCUT2D eigenvalue weighted by molar-refractivity contribution is 4.94. The molecule has 2 aliphatic rings. The molecule has 0 bridgehead atoms. The Bertz CT molecular complexity index is 270. The maximum absolute atomic E-state index is 6.18. The number of hydrogen-bond acceptors (Lipinski definition) is 4. The van der Waals surface area contributed by atoms with Gasteiger partial charge in [-0.25, -0.2) is 0 Å². The zero-order chi connectivity index (χ0) is 13.2. The first-order valence-electron chi connectivity index (χ1n) is 7.38. The van der Waals surface area contributed by atoms with Crippen molar-refractivity contribution in [2.75, 3.05) is 45.9 Å². The second-order valence-corrected chi connectivity index (χ2v) is 6.17. The maximum Gasteiger partial charge on any atom is 0.0624 e. The van der Waals surface area contributed by atoms with Gasteiger partial charge in [-0.15, -0.1) is 0 Å². The molecule has 0 aliphatic carbocycles. The van der Waals surface area contributed by atoms with Crippen molar-refractivity contribution in [2.45, 2.75) is 39.3 Å². The lowest BCUT2D eigenvalue weighted by molar-refractivity contribution is 0.124. The van der Waals surface area contributed by atoms with Gasteiger partial charge < -0.3 is 15.4 Å². The molecule has 2 N–H and O–H groups in total. The van der Waals surface area contributed by atoms with Crippen molar-refractivity contribution < 1.29 is 4.74 Å². The van der Waals surface area contributed by atoms with E-state index >= 15 is 0 Å². The van der Waals surface area contributed by atoms with Gasteiger partial charge in [0.2, 0.25) is 0 Å². The lowest BCUT2D eigenvalue weighted by atomic mass is 9.85. The molecule has 2 rings (SSSR count). The number of likely N-dealkylation sites (N-methyl/N-ethyl adjacent to an activating group) is 1. The van der Waals surface area contributed by atoms with Gasteiger partial charge in [0.15, 0.2) is 0 Å². The normalized spacial score (nSPS) is 37.8. The number of hydrogen-bond donors (Lipinski definition) is 1. The van der Waals surface area contributed by atoms with Crippen LogP contribution in [0.25, 0.3) is 0 Å². The maximum atomic E-state index is 6.18. The Morgan fingerprint density at radius 3 is 2.67 bits per heavy atom. The van der Waals surface area contributed by atoms with Gasteiger partial charge in [-0.05, 0) is 26.1 Å². The van der Waals surface area contributed by atoms with Crippen LogP contribution in [0.4, 0.5) is 0 Å². The van der Waals surface area contributed by atoms with Crippen molar-refractivity contribution >= 4 is 0 Å². The fourth-order valence-corrected chi connectivity index (χ4v) is 3.39. The Morgan fingerprint density at radius 2 is 2.11 bits per heavy atom. The summed E-state index contributed by atoms with van der Waals surface area (Å²) in [6.45, 7) is 14.2. The molecule has 2 saturated heterocycles. The molecular formula is C14H29N3O. The van der Waals surface area contributed by atoms with E-state index in [0.717, 1.165) is 38.9 Å². The summed E-state index contributed by atoms with van der Waals surface area (Å²) in [6, 6.07) is 0.937. The van der Waals surface area contributed by atoms with Gasteiger partial charge in [0.1, 0.15) is 0 Å². The molecule has 2 fully saturated rings. The van der Waals surface area contributed by atoms with Crippen molar-refractivity contribution in [1.82, 2.24) is 9.80 Å². The summed E-state index contributed by atoms with van der Waals surface area (Å²) >= 11 is 0. The summed E-state index contributed by atoms with van der Waals surface area (Å²) in [7, 11) is 0. The van der Waals surface area contributed by atoms with Crippen molar-refractivity contribution in [3.05, 3.63) is 0 Å². The molecule has 4 heteroatoms. The summed E-state index contributed by atoms with van der Waals surface area (Å²) in [5, 5.41) is 0. The highest BCUT2D eigenvalue weighted by atomic mass is 16.5. The minimum atomic E-state index is 0.151. The molecule has 4 nitrogen and oxygen atoms in total. The molecule has 0 amide bonds. The first kappa shape index (κ1) is 14.3. The predicted molar refractivity (Wildman–Crippen MR) is 74.7 cm³/mol. The molecule has 3 unspecified atom stereocenters. The third-order valence-corrected chi connectivity index (χ3v) is 4.79. The molecule has 106 valence electrons. The van der Waals surface area contributed by atoms with E-state index in [1.165, 1.54) is 19.5 Å². The van der Waals surface area contributed by atoms with E-state index in [9.17, 15) is 0 Å². The highest BCUT2D eigenvalue weighted by Crippen LogP contribution is 2.30. The van der Waals surface area contributed by atoms with Gasteiger partial charge in [0.25, 0.3) is 0 Å². The van der Waals surface area contributed by atoms with Crippen LogP contribution in [0, 0.1) is 5.41 Å². The van der Waals surface area contributed by atoms with Gasteiger partial charge in [0.05, 0.1) is 13.2 Å². The zero-order valence-electron chi connectivity index (χ0n) is 12.2. The first-order valence-corrected chi connectivity index (χ1v) is 7.38. The summed E-state index contributed by atoms with van der Waals surface area (Å²) < 4.78 is 5.54. The zero-order valence-corrected chi connectivity index (χ0v) is 12.2. The number of likely N-dealkylation sites (tertiary alicyclic amines) is 1. The third kappa shape index (κ3) is 2.87. The molecule has 0 aromatic heterocycles. The number of nitrogens with zero attached hydrogens (tertiary/aromatic N) is 2. The lowest BCUT2D eigenvalue weighted by Gasteiger charge is -2.32. The molecule has 3 atom stereocenters.